The van der Waals surface area contributed by atoms with E-state index in [0.29, 0.717) is 18.9 Å². The molecular formula is C12H15ClO2. The number of esters is 1. The van der Waals surface area contributed by atoms with E-state index in [0.717, 1.165) is 5.56 Å². The first kappa shape index (κ1) is 12.1. The number of alkyl halides is 1. The van der Waals surface area contributed by atoms with Crippen molar-refractivity contribution < 1.29 is 9.53 Å². The summed E-state index contributed by atoms with van der Waals surface area (Å²) in [5, 5.41) is 0. The highest BCUT2D eigenvalue weighted by atomic mass is 35.5. The first-order valence-corrected chi connectivity index (χ1v) is 5.60. The lowest BCUT2D eigenvalue weighted by Gasteiger charge is -2.14. The predicted octanol–water partition coefficient (Wildman–Crippen LogP) is 2.96. The van der Waals surface area contributed by atoms with Crippen LogP contribution in [-0.2, 0) is 9.53 Å². The quantitative estimate of drug-likeness (QED) is 0.570. The highest BCUT2D eigenvalue weighted by Crippen LogP contribution is 2.21. The van der Waals surface area contributed by atoms with E-state index in [9.17, 15) is 4.79 Å². The molecule has 0 spiro atoms. The second-order valence-corrected chi connectivity index (χ2v) is 3.57. The molecule has 0 saturated carbocycles. The molecule has 0 aromatic heterocycles. The molecule has 0 aliphatic carbocycles. The molecule has 1 aromatic rings. The third kappa shape index (κ3) is 3.56. The van der Waals surface area contributed by atoms with E-state index < -0.39 is 0 Å². The molecule has 15 heavy (non-hydrogen) atoms. The summed E-state index contributed by atoms with van der Waals surface area (Å²) in [5.41, 5.74) is 0.969. The fourth-order valence-electron chi connectivity index (χ4n) is 1.46. The van der Waals surface area contributed by atoms with Crippen LogP contribution in [0.1, 0.15) is 24.8 Å². The summed E-state index contributed by atoms with van der Waals surface area (Å²) in [4.78, 5) is 11.7. The molecule has 0 aliphatic rings. The summed E-state index contributed by atoms with van der Waals surface area (Å²) in [7, 11) is 0. The average molecular weight is 227 g/mol. The van der Waals surface area contributed by atoms with Crippen molar-refractivity contribution in [3.63, 3.8) is 0 Å². The van der Waals surface area contributed by atoms with Gasteiger partial charge < -0.3 is 4.74 Å². The molecule has 0 amide bonds. The van der Waals surface area contributed by atoms with Gasteiger partial charge in [0.25, 0.3) is 0 Å². The van der Waals surface area contributed by atoms with Crippen LogP contribution in [0.2, 0.25) is 0 Å². The van der Waals surface area contributed by atoms with Crippen LogP contribution >= 0.6 is 11.6 Å². The summed E-state index contributed by atoms with van der Waals surface area (Å²) < 4.78 is 5.01. The van der Waals surface area contributed by atoms with E-state index in [4.69, 9.17) is 16.3 Å². The molecule has 0 heterocycles. The summed E-state index contributed by atoms with van der Waals surface area (Å²) >= 11 is 5.68. The van der Waals surface area contributed by atoms with Crippen molar-refractivity contribution in [3.05, 3.63) is 35.9 Å². The van der Waals surface area contributed by atoms with Crippen LogP contribution in [0.4, 0.5) is 0 Å². The van der Waals surface area contributed by atoms with Gasteiger partial charge in [0.15, 0.2) is 0 Å². The molecule has 2 nitrogen and oxygen atoms in total. The summed E-state index contributed by atoms with van der Waals surface area (Å²) in [5.74, 6) is 0.0336. The van der Waals surface area contributed by atoms with Gasteiger partial charge in [0.1, 0.15) is 0 Å². The van der Waals surface area contributed by atoms with Crippen molar-refractivity contribution in [1.29, 1.82) is 0 Å². The SMILES string of the molecule is CCOC(=O)C(CCCl)c1ccccc1. The highest BCUT2D eigenvalue weighted by Gasteiger charge is 2.20. The van der Waals surface area contributed by atoms with Crippen molar-refractivity contribution in [2.24, 2.45) is 0 Å². The maximum atomic E-state index is 11.7. The largest absolute Gasteiger partial charge is 0.466 e. The molecule has 0 bridgehead atoms. The molecule has 1 atom stereocenters. The standard InChI is InChI=1S/C12H15ClO2/c1-2-15-12(14)11(8-9-13)10-6-4-3-5-7-10/h3-7,11H,2,8-9H2,1H3. The Hall–Kier alpha value is -1.02. The predicted molar refractivity (Wildman–Crippen MR) is 61.2 cm³/mol. The molecule has 3 heteroatoms. The fraction of sp³-hybridized carbons (Fsp3) is 0.417. The van der Waals surface area contributed by atoms with Crippen LogP contribution in [0.5, 0.6) is 0 Å². The van der Waals surface area contributed by atoms with E-state index in [1.807, 2.05) is 30.3 Å². The topological polar surface area (TPSA) is 26.3 Å². The number of carbonyl (C=O) groups excluding carboxylic acids is 1. The van der Waals surface area contributed by atoms with Gasteiger partial charge in [0, 0.05) is 5.88 Å². The number of hydrogen-bond acceptors (Lipinski definition) is 2. The monoisotopic (exact) mass is 226 g/mol. The van der Waals surface area contributed by atoms with E-state index in [-0.39, 0.29) is 11.9 Å². The molecule has 1 aromatic carbocycles. The Labute approximate surface area is 95.2 Å². The van der Waals surface area contributed by atoms with E-state index in [1.54, 1.807) is 6.92 Å². The number of benzene rings is 1. The van der Waals surface area contributed by atoms with Crippen LogP contribution in [0.25, 0.3) is 0 Å². The number of halogens is 1. The highest BCUT2D eigenvalue weighted by molar-refractivity contribution is 6.18. The Morgan fingerprint density at radius 2 is 2.07 bits per heavy atom. The molecule has 0 N–H and O–H groups in total. The van der Waals surface area contributed by atoms with E-state index >= 15 is 0 Å². The van der Waals surface area contributed by atoms with E-state index in [2.05, 4.69) is 0 Å². The smallest absolute Gasteiger partial charge is 0.313 e. The molecule has 0 radical (unpaired) electrons. The van der Waals surface area contributed by atoms with Gasteiger partial charge >= 0.3 is 5.97 Å². The maximum absolute atomic E-state index is 11.7. The molecular weight excluding hydrogens is 212 g/mol. The van der Waals surface area contributed by atoms with Crippen molar-refractivity contribution in [1.82, 2.24) is 0 Å². The van der Waals surface area contributed by atoms with Crippen LogP contribution in [0.3, 0.4) is 0 Å². The zero-order chi connectivity index (χ0) is 11.1. The Morgan fingerprint density at radius 3 is 2.60 bits per heavy atom. The van der Waals surface area contributed by atoms with Crippen molar-refractivity contribution >= 4 is 17.6 Å². The van der Waals surface area contributed by atoms with Crippen LogP contribution < -0.4 is 0 Å². The summed E-state index contributed by atoms with van der Waals surface area (Å²) in [6, 6.07) is 9.60. The van der Waals surface area contributed by atoms with Gasteiger partial charge in [-0.15, -0.1) is 11.6 Å². The number of rotatable bonds is 5. The molecule has 1 rings (SSSR count). The Bertz CT molecular complexity index is 298. The van der Waals surface area contributed by atoms with Crippen LogP contribution in [-0.4, -0.2) is 18.5 Å². The summed E-state index contributed by atoms with van der Waals surface area (Å²) in [6.45, 7) is 2.21. The zero-order valence-electron chi connectivity index (χ0n) is 8.78. The first-order valence-electron chi connectivity index (χ1n) is 5.07. The average Bonchev–Trinajstić information content (AvgIpc) is 2.27. The number of carbonyl (C=O) groups is 1. The number of ether oxygens (including phenoxy) is 1. The van der Waals surface area contributed by atoms with Gasteiger partial charge in [-0.3, -0.25) is 4.79 Å². The summed E-state index contributed by atoms with van der Waals surface area (Å²) in [6.07, 6.45) is 0.615. The van der Waals surface area contributed by atoms with Gasteiger partial charge in [0.05, 0.1) is 12.5 Å². The minimum Gasteiger partial charge on any atom is -0.466 e. The fourth-order valence-corrected chi connectivity index (χ4v) is 1.68. The van der Waals surface area contributed by atoms with Gasteiger partial charge in [-0.05, 0) is 18.9 Å². The molecule has 0 saturated heterocycles. The van der Waals surface area contributed by atoms with Crippen LogP contribution in [0, 0.1) is 0 Å². The van der Waals surface area contributed by atoms with Gasteiger partial charge in [-0.2, -0.15) is 0 Å². The third-order valence-electron chi connectivity index (χ3n) is 2.17. The minimum atomic E-state index is -0.233. The lowest BCUT2D eigenvalue weighted by atomic mass is 9.97. The Kier molecular flexibility index (Phi) is 5.19. The normalized spacial score (nSPS) is 12.1. The van der Waals surface area contributed by atoms with Gasteiger partial charge in [-0.25, -0.2) is 0 Å². The molecule has 82 valence electrons. The van der Waals surface area contributed by atoms with Gasteiger partial charge in [0.2, 0.25) is 0 Å². The maximum Gasteiger partial charge on any atom is 0.313 e. The zero-order valence-corrected chi connectivity index (χ0v) is 9.54. The lowest BCUT2D eigenvalue weighted by molar-refractivity contribution is -0.145. The second-order valence-electron chi connectivity index (χ2n) is 3.19. The molecule has 0 fully saturated rings. The minimum absolute atomic E-state index is 0.190. The Morgan fingerprint density at radius 1 is 1.40 bits per heavy atom. The van der Waals surface area contributed by atoms with Gasteiger partial charge in [-0.1, -0.05) is 30.3 Å². The van der Waals surface area contributed by atoms with Crippen LogP contribution in [0.15, 0.2) is 30.3 Å². The second kappa shape index (κ2) is 6.46. The van der Waals surface area contributed by atoms with E-state index in [1.165, 1.54) is 0 Å². The van der Waals surface area contributed by atoms with Crippen molar-refractivity contribution in [2.75, 3.05) is 12.5 Å². The third-order valence-corrected chi connectivity index (χ3v) is 2.39. The van der Waals surface area contributed by atoms with Crippen molar-refractivity contribution in [2.45, 2.75) is 19.3 Å². The van der Waals surface area contributed by atoms with Crippen molar-refractivity contribution in [3.8, 4) is 0 Å². The number of hydrogen-bond donors (Lipinski definition) is 0. The molecule has 0 aliphatic heterocycles. The first-order chi connectivity index (χ1) is 7.29. The lowest BCUT2D eigenvalue weighted by Crippen LogP contribution is -2.16. The molecule has 1 unspecified atom stereocenters. The Balaban J connectivity index is 2.78.